The van der Waals surface area contributed by atoms with Gasteiger partial charge in [-0.15, -0.1) is 0 Å². The zero-order valence-electron chi connectivity index (χ0n) is 12.7. The largest absolute Gasteiger partial charge is 0.398 e. The number of halogens is 2. The van der Waals surface area contributed by atoms with E-state index >= 15 is 0 Å². The monoisotopic (exact) mass is 440 g/mol. The molecule has 0 amide bonds. The van der Waals surface area contributed by atoms with Crippen molar-refractivity contribution in [2.45, 2.75) is 11.8 Å². The highest BCUT2D eigenvalue weighted by molar-refractivity contribution is 9.11. The van der Waals surface area contributed by atoms with E-state index in [4.69, 9.17) is 11.5 Å². The number of anilines is 2. The first-order valence-corrected chi connectivity index (χ1v) is 9.41. The standard InChI is InChI=1S/C20H14Br2N2/c21-15-5-11-14(8-18(15)24)20-10-4-2-1-3-9(10)19(11)13-7-17(23)16(22)6-12(13)20/h1-8,19-20H,23-24H2. The quantitative estimate of drug-likeness (QED) is 0.317. The van der Waals surface area contributed by atoms with Gasteiger partial charge in [0.25, 0.3) is 0 Å². The van der Waals surface area contributed by atoms with Crippen LogP contribution >= 0.6 is 31.9 Å². The van der Waals surface area contributed by atoms with Crippen LogP contribution in [-0.2, 0) is 0 Å². The average Bonchev–Trinajstić information content (AvgIpc) is 2.57. The Morgan fingerprint density at radius 2 is 0.958 bits per heavy atom. The molecule has 3 aliphatic carbocycles. The molecule has 0 saturated carbocycles. The molecule has 0 aliphatic heterocycles. The molecule has 24 heavy (non-hydrogen) atoms. The van der Waals surface area contributed by atoms with Crippen LogP contribution in [0.4, 0.5) is 11.4 Å². The fraction of sp³-hybridized carbons (Fsp3) is 0.100. The van der Waals surface area contributed by atoms with Crippen molar-refractivity contribution in [3.63, 3.8) is 0 Å². The molecule has 0 radical (unpaired) electrons. The molecule has 2 atom stereocenters. The van der Waals surface area contributed by atoms with Crippen LogP contribution in [0.15, 0.2) is 57.5 Å². The van der Waals surface area contributed by atoms with Crippen LogP contribution in [0.25, 0.3) is 0 Å². The maximum absolute atomic E-state index is 6.19. The van der Waals surface area contributed by atoms with E-state index in [1.807, 2.05) is 0 Å². The zero-order chi connectivity index (χ0) is 16.6. The van der Waals surface area contributed by atoms with Crippen LogP contribution in [0, 0.1) is 0 Å². The first-order valence-electron chi connectivity index (χ1n) is 7.82. The van der Waals surface area contributed by atoms with Crippen molar-refractivity contribution in [3.8, 4) is 0 Å². The van der Waals surface area contributed by atoms with Crippen molar-refractivity contribution in [1.82, 2.24) is 0 Å². The molecule has 118 valence electrons. The normalized spacial score (nSPS) is 19.6. The second kappa shape index (κ2) is 4.87. The molecular formula is C20H14Br2N2. The van der Waals surface area contributed by atoms with Crippen molar-refractivity contribution < 1.29 is 0 Å². The van der Waals surface area contributed by atoms with E-state index < -0.39 is 0 Å². The van der Waals surface area contributed by atoms with Gasteiger partial charge in [0.05, 0.1) is 0 Å². The van der Waals surface area contributed by atoms with Crippen molar-refractivity contribution in [2.75, 3.05) is 11.5 Å². The SMILES string of the molecule is Nc1cc2c(cc1Br)C1c3ccccc3C2c2cc(Br)c(N)cc21. The van der Waals surface area contributed by atoms with Crippen LogP contribution < -0.4 is 11.5 Å². The molecule has 4 N–H and O–H groups in total. The van der Waals surface area contributed by atoms with E-state index in [0.29, 0.717) is 0 Å². The molecular weight excluding hydrogens is 428 g/mol. The number of hydrogen-bond acceptors (Lipinski definition) is 2. The van der Waals surface area contributed by atoms with Crippen molar-refractivity contribution in [1.29, 1.82) is 0 Å². The van der Waals surface area contributed by atoms with Crippen molar-refractivity contribution >= 4 is 43.2 Å². The second-order valence-corrected chi connectivity index (χ2v) is 8.21. The van der Waals surface area contributed by atoms with Crippen LogP contribution in [0.2, 0.25) is 0 Å². The van der Waals surface area contributed by atoms with Gasteiger partial charge in [-0.3, -0.25) is 0 Å². The third kappa shape index (κ3) is 1.76. The summed E-state index contributed by atoms with van der Waals surface area (Å²) in [6.45, 7) is 0. The lowest BCUT2D eigenvalue weighted by Crippen LogP contribution is -2.28. The molecule has 0 saturated heterocycles. The number of hydrogen-bond donors (Lipinski definition) is 2. The summed E-state index contributed by atoms with van der Waals surface area (Å²) in [7, 11) is 0. The van der Waals surface area contributed by atoms with E-state index in [-0.39, 0.29) is 11.8 Å². The van der Waals surface area contributed by atoms with Crippen molar-refractivity contribution in [3.05, 3.63) is 90.9 Å². The minimum absolute atomic E-state index is 0.212. The second-order valence-electron chi connectivity index (χ2n) is 6.50. The molecule has 0 spiro atoms. The van der Waals surface area contributed by atoms with E-state index in [9.17, 15) is 0 Å². The van der Waals surface area contributed by atoms with Gasteiger partial charge in [-0.05, 0) is 89.5 Å². The maximum Gasteiger partial charge on any atom is 0.0461 e. The molecule has 2 unspecified atom stereocenters. The average molecular weight is 442 g/mol. The number of nitrogens with two attached hydrogens (primary N) is 2. The first-order chi connectivity index (χ1) is 11.6. The highest BCUT2D eigenvalue weighted by Gasteiger charge is 2.41. The van der Waals surface area contributed by atoms with Crippen molar-refractivity contribution in [2.24, 2.45) is 0 Å². The predicted octanol–water partition coefficient (Wildman–Crippen LogP) is 5.36. The third-order valence-electron chi connectivity index (χ3n) is 5.27. The van der Waals surface area contributed by atoms with E-state index in [1.165, 1.54) is 33.4 Å². The summed E-state index contributed by atoms with van der Waals surface area (Å²) in [5.41, 5.74) is 22.0. The number of benzene rings is 3. The Morgan fingerprint density at radius 3 is 1.38 bits per heavy atom. The highest BCUT2D eigenvalue weighted by Crippen LogP contribution is 2.57. The smallest absolute Gasteiger partial charge is 0.0461 e. The van der Waals surface area contributed by atoms with E-state index in [0.717, 1.165) is 20.3 Å². The molecule has 4 heteroatoms. The summed E-state index contributed by atoms with van der Waals surface area (Å²) in [4.78, 5) is 0. The van der Waals surface area contributed by atoms with Gasteiger partial charge in [0.15, 0.2) is 0 Å². The number of nitrogen functional groups attached to an aromatic ring is 2. The Balaban J connectivity index is 1.91. The van der Waals surface area contributed by atoms with Gasteiger partial charge < -0.3 is 11.5 Å². The minimum Gasteiger partial charge on any atom is -0.398 e. The Bertz CT molecular complexity index is 886. The molecule has 3 aromatic carbocycles. The highest BCUT2D eigenvalue weighted by atomic mass is 79.9. The van der Waals surface area contributed by atoms with Gasteiger partial charge in [-0.2, -0.15) is 0 Å². The molecule has 3 aliphatic rings. The van der Waals surface area contributed by atoms with Crippen LogP contribution in [0.5, 0.6) is 0 Å². The van der Waals surface area contributed by atoms with Gasteiger partial charge in [0.1, 0.15) is 0 Å². The molecule has 0 fully saturated rings. The first kappa shape index (κ1) is 14.6. The summed E-state index contributed by atoms with van der Waals surface area (Å²) in [5.74, 6) is 0.423. The molecule has 2 bridgehead atoms. The van der Waals surface area contributed by atoms with Crippen LogP contribution in [-0.4, -0.2) is 0 Å². The lowest BCUT2D eigenvalue weighted by atomic mass is 9.61. The Labute approximate surface area is 157 Å². The summed E-state index contributed by atoms with van der Waals surface area (Å²) in [6, 6.07) is 17.3. The zero-order valence-corrected chi connectivity index (χ0v) is 15.9. The fourth-order valence-corrected chi connectivity index (χ4v) is 5.01. The molecule has 0 aromatic heterocycles. The summed E-state index contributed by atoms with van der Waals surface area (Å²) in [5, 5.41) is 0. The fourth-order valence-electron chi connectivity index (χ4n) is 4.29. The maximum atomic E-state index is 6.19. The topological polar surface area (TPSA) is 52.0 Å². The third-order valence-corrected chi connectivity index (χ3v) is 6.64. The lowest BCUT2D eigenvalue weighted by molar-refractivity contribution is 0.754. The number of rotatable bonds is 0. The van der Waals surface area contributed by atoms with Gasteiger partial charge in [-0.25, -0.2) is 0 Å². The molecule has 3 aromatic rings. The van der Waals surface area contributed by atoms with Crippen LogP contribution in [0.3, 0.4) is 0 Å². The van der Waals surface area contributed by atoms with E-state index in [2.05, 4.69) is 80.4 Å². The predicted molar refractivity (Wildman–Crippen MR) is 105 cm³/mol. The van der Waals surface area contributed by atoms with E-state index in [1.54, 1.807) is 0 Å². The molecule has 0 heterocycles. The van der Waals surface area contributed by atoms with Gasteiger partial charge >= 0.3 is 0 Å². The summed E-state index contributed by atoms with van der Waals surface area (Å²) < 4.78 is 1.91. The lowest BCUT2D eigenvalue weighted by Gasteiger charge is -2.42. The van der Waals surface area contributed by atoms with Crippen LogP contribution in [0.1, 0.15) is 45.2 Å². The molecule has 6 rings (SSSR count). The Hall–Kier alpha value is -1.78. The van der Waals surface area contributed by atoms with Gasteiger partial charge in [0, 0.05) is 32.2 Å². The minimum atomic E-state index is 0.212. The summed E-state index contributed by atoms with van der Waals surface area (Å²) in [6.07, 6.45) is 0. The van der Waals surface area contributed by atoms with Gasteiger partial charge in [-0.1, -0.05) is 24.3 Å². The summed E-state index contributed by atoms with van der Waals surface area (Å²) >= 11 is 7.19. The Morgan fingerprint density at radius 1 is 0.583 bits per heavy atom. The van der Waals surface area contributed by atoms with Gasteiger partial charge in [0.2, 0.25) is 0 Å². The molecule has 2 nitrogen and oxygen atoms in total. The Kier molecular flexibility index (Phi) is 2.95.